The van der Waals surface area contributed by atoms with Crippen molar-refractivity contribution in [1.29, 1.82) is 0 Å². The zero-order valence-corrected chi connectivity index (χ0v) is 22.7. The van der Waals surface area contributed by atoms with Crippen LogP contribution in [-0.4, -0.2) is 58.0 Å². The van der Waals surface area contributed by atoms with Crippen molar-refractivity contribution in [3.05, 3.63) is 51.5 Å². The van der Waals surface area contributed by atoms with Crippen molar-refractivity contribution in [2.24, 2.45) is 5.92 Å². The molecule has 0 saturated carbocycles. The predicted molar refractivity (Wildman–Crippen MR) is 138 cm³/mol. The molecular formula is C25H34Cl2N2O4S. The highest BCUT2D eigenvalue weighted by atomic mass is 35.5. The number of sulfonamides is 1. The quantitative estimate of drug-likeness (QED) is 0.535. The van der Waals surface area contributed by atoms with E-state index in [9.17, 15) is 8.42 Å². The summed E-state index contributed by atoms with van der Waals surface area (Å²) in [6, 6.07) is 7.61. The molecule has 188 valence electrons. The molecule has 0 aromatic heterocycles. The zero-order chi connectivity index (χ0) is 23.8. The fourth-order valence-electron chi connectivity index (χ4n) is 5.03. The van der Waals surface area contributed by atoms with Crippen LogP contribution in [0.3, 0.4) is 0 Å². The molecule has 0 aliphatic carbocycles. The second-order valence-electron chi connectivity index (χ2n) is 9.20. The first-order valence-electron chi connectivity index (χ1n) is 11.5. The number of fused-ring (bicyclic) bond motifs is 1. The number of ether oxygens (including phenoxy) is 2. The van der Waals surface area contributed by atoms with Crippen LogP contribution in [-0.2, 0) is 23.0 Å². The summed E-state index contributed by atoms with van der Waals surface area (Å²) >= 11 is 6.20. The van der Waals surface area contributed by atoms with Crippen LogP contribution in [0.4, 0.5) is 0 Å². The fraction of sp³-hybridized carbons (Fsp3) is 0.520. The van der Waals surface area contributed by atoms with Crippen molar-refractivity contribution < 1.29 is 17.9 Å². The molecule has 4 rings (SSSR count). The van der Waals surface area contributed by atoms with Gasteiger partial charge in [0, 0.05) is 37.7 Å². The lowest BCUT2D eigenvalue weighted by molar-refractivity contribution is 0.167. The molecule has 1 unspecified atom stereocenters. The summed E-state index contributed by atoms with van der Waals surface area (Å²) < 4.78 is 39.5. The van der Waals surface area contributed by atoms with Gasteiger partial charge in [-0.1, -0.05) is 11.6 Å². The second kappa shape index (κ2) is 11.0. The molecule has 0 N–H and O–H groups in total. The molecule has 34 heavy (non-hydrogen) atoms. The second-order valence-corrected chi connectivity index (χ2v) is 11.5. The Kier molecular flexibility index (Phi) is 8.80. The first-order valence-corrected chi connectivity index (χ1v) is 13.3. The largest absolute Gasteiger partial charge is 0.493 e. The molecule has 2 heterocycles. The SMILES string of the molecule is COc1cc2c(cc1OC)CN(CC1CCCN(S(=O)(=O)c3cc(C)c(Cl)cc3C)C1)CC2.Cl. The Hall–Kier alpha value is -1.51. The molecule has 6 nitrogen and oxygen atoms in total. The van der Waals surface area contributed by atoms with Gasteiger partial charge in [-0.3, -0.25) is 4.90 Å². The van der Waals surface area contributed by atoms with Gasteiger partial charge in [-0.05, 0) is 85.5 Å². The molecule has 0 amide bonds. The maximum atomic E-state index is 13.4. The van der Waals surface area contributed by atoms with Crippen LogP contribution in [0.5, 0.6) is 11.5 Å². The summed E-state index contributed by atoms with van der Waals surface area (Å²) in [5.74, 6) is 1.83. The Bertz CT molecular complexity index is 1140. The summed E-state index contributed by atoms with van der Waals surface area (Å²) in [5, 5.41) is 0.600. The highest BCUT2D eigenvalue weighted by Crippen LogP contribution is 2.34. The van der Waals surface area contributed by atoms with E-state index < -0.39 is 10.0 Å². The normalized spacial score (nSPS) is 19.3. The molecule has 0 radical (unpaired) electrons. The zero-order valence-electron chi connectivity index (χ0n) is 20.3. The third-order valence-corrected chi connectivity index (χ3v) is 9.28. The summed E-state index contributed by atoms with van der Waals surface area (Å²) in [4.78, 5) is 2.81. The minimum Gasteiger partial charge on any atom is -0.493 e. The van der Waals surface area contributed by atoms with E-state index in [0.717, 1.165) is 56.0 Å². The van der Waals surface area contributed by atoms with Crippen LogP contribution in [0.15, 0.2) is 29.2 Å². The van der Waals surface area contributed by atoms with Gasteiger partial charge in [0.05, 0.1) is 19.1 Å². The molecule has 2 aromatic rings. The molecule has 1 fully saturated rings. The van der Waals surface area contributed by atoms with E-state index >= 15 is 0 Å². The van der Waals surface area contributed by atoms with E-state index in [0.29, 0.717) is 34.5 Å². The van der Waals surface area contributed by atoms with E-state index in [4.69, 9.17) is 21.1 Å². The molecule has 2 aromatic carbocycles. The molecule has 2 aliphatic heterocycles. The minimum atomic E-state index is -3.55. The molecule has 0 spiro atoms. The summed E-state index contributed by atoms with van der Waals surface area (Å²) in [6.45, 7) is 7.47. The van der Waals surface area contributed by atoms with Gasteiger partial charge in [-0.25, -0.2) is 8.42 Å². The maximum Gasteiger partial charge on any atom is 0.243 e. The van der Waals surface area contributed by atoms with E-state index in [2.05, 4.69) is 17.0 Å². The Balaban J connectivity index is 0.00000324. The van der Waals surface area contributed by atoms with Gasteiger partial charge in [0.25, 0.3) is 0 Å². The number of aryl methyl sites for hydroxylation is 2. The van der Waals surface area contributed by atoms with Crippen LogP contribution in [0, 0.1) is 19.8 Å². The maximum absolute atomic E-state index is 13.4. The van der Waals surface area contributed by atoms with Gasteiger partial charge < -0.3 is 9.47 Å². The standard InChI is InChI=1S/C25H33ClN2O4S.ClH/c1-17-11-25(18(2)10-22(17)26)33(29,30)28-8-5-6-19(15-28)14-27-9-7-20-12-23(31-3)24(32-4)13-21(20)16-27;/h10-13,19H,5-9,14-16H2,1-4H3;1H. The number of hydrogen-bond acceptors (Lipinski definition) is 5. The van der Waals surface area contributed by atoms with Gasteiger partial charge in [0.15, 0.2) is 11.5 Å². The number of piperidine rings is 1. The number of halogens is 2. The van der Waals surface area contributed by atoms with E-state index in [1.807, 2.05) is 13.8 Å². The van der Waals surface area contributed by atoms with Crippen LogP contribution in [0.2, 0.25) is 5.02 Å². The van der Waals surface area contributed by atoms with Gasteiger partial charge in [0.1, 0.15) is 0 Å². The van der Waals surface area contributed by atoms with Crippen molar-refractivity contribution in [3.63, 3.8) is 0 Å². The third-order valence-electron chi connectivity index (χ3n) is 6.87. The summed E-state index contributed by atoms with van der Waals surface area (Å²) in [5.41, 5.74) is 4.04. The molecule has 2 aliphatic rings. The smallest absolute Gasteiger partial charge is 0.243 e. The third kappa shape index (κ3) is 5.49. The van der Waals surface area contributed by atoms with Gasteiger partial charge in [-0.2, -0.15) is 4.31 Å². The molecule has 0 bridgehead atoms. The number of hydrogen-bond donors (Lipinski definition) is 0. The van der Waals surface area contributed by atoms with E-state index in [1.165, 1.54) is 11.1 Å². The van der Waals surface area contributed by atoms with E-state index in [-0.39, 0.29) is 12.4 Å². The number of benzene rings is 2. The fourth-order valence-corrected chi connectivity index (χ4v) is 7.09. The Morgan fingerprint density at radius 3 is 2.35 bits per heavy atom. The summed E-state index contributed by atoms with van der Waals surface area (Å²) in [6.07, 6.45) is 2.87. The van der Waals surface area contributed by atoms with Crippen molar-refractivity contribution in [3.8, 4) is 11.5 Å². The Morgan fingerprint density at radius 1 is 1.00 bits per heavy atom. The summed E-state index contributed by atoms with van der Waals surface area (Å²) in [7, 11) is -0.225. The van der Waals surface area contributed by atoms with E-state index in [1.54, 1.807) is 30.7 Å². The minimum absolute atomic E-state index is 0. The van der Waals surface area contributed by atoms with Gasteiger partial charge in [-0.15, -0.1) is 12.4 Å². The first kappa shape index (κ1) is 27.1. The Labute approximate surface area is 214 Å². The lowest BCUT2D eigenvalue weighted by Gasteiger charge is -2.37. The number of rotatable bonds is 6. The topological polar surface area (TPSA) is 59.1 Å². The number of nitrogens with zero attached hydrogens (tertiary/aromatic N) is 2. The molecule has 1 atom stereocenters. The van der Waals surface area contributed by atoms with Crippen LogP contribution in [0.25, 0.3) is 0 Å². The van der Waals surface area contributed by atoms with Gasteiger partial charge >= 0.3 is 0 Å². The molecular weight excluding hydrogens is 495 g/mol. The molecule has 1 saturated heterocycles. The monoisotopic (exact) mass is 528 g/mol. The van der Waals surface area contributed by atoms with Crippen molar-refractivity contribution in [2.75, 3.05) is 40.4 Å². The van der Waals surface area contributed by atoms with Crippen molar-refractivity contribution in [1.82, 2.24) is 9.21 Å². The Morgan fingerprint density at radius 2 is 1.68 bits per heavy atom. The lowest BCUT2D eigenvalue weighted by Crippen LogP contribution is -2.44. The number of methoxy groups -OCH3 is 2. The highest BCUT2D eigenvalue weighted by Gasteiger charge is 2.33. The van der Waals surface area contributed by atoms with Crippen LogP contribution < -0.4 is 9.47 Å². The predicted octanol–water partition coefficient (Wildman–Crippen LogP) is 4.85. The van der Waals surface area contributed by atoms with Crippen LogP contribution in [0.1, 0.15) is 35.1 Å². The molecule has 9 heteroatoms. The van der Waals surface area contributed by atoms with Gasteiger partial charge in [0.2, 0.25) is 10.0 Å². The van der Waals surface area contributed by atoms with Crippen LogP contribution >= 0.6 is 24.0 Å². The average molecular weight is 530 g/mol. The average Bonchev–Trinajstić information content (AvgIpc) is 2.80. The van der Waals surface area contributed by atoms with Crippen molar-refractivity contribution >= 4 is 34.0 Å². The first-order chi connectivity index (χ1) is 15.7. The van der Waals surface area contributed by atoms with Crippen molar-refractivity contribution in [2.45, 2.75) is 44.6 Å². The lowest BCUT2D eigenvalue weighted by atomic mass is 9.95. The highest BCUT2D eigenvalue weighted by molar-refractivity contribution is 7.89.